The second-order valence-corrected chi connectivity index (χ2v) is 10.3. The average molecular weight is 429 g/mol. The zero-order valence-electron chi connectivity index (χ0n) is 13.1. The molecule has 0 aliphatic rings. The molecule has 10 heteroatoms. The van der Waals surface area contributed by atoms with E-state index in [9.17, 15) is 22.1 Å². The average Bonchev–Trinajstić information content (AvgIpc) is 2.92. The Bertz CT molecular complexity index is 1290. The summed E-state index contributed by atoms with van der Waals surface area (Å²) in [6.45, 7) is 1.79. The van der Waals surface area contributed by atoms with Gasteiger partial charge in [-0.25, -0.2) is 20.8 Å². The Kier molecular flexibility index (Phi) is 4.53. The van der Waals surface area contributed by atoms with E-state index >= 15 is 0 Å². The van der Waals surface area contributed by atoms with Crippen LogP contribution in [0.1, 0.15) is 11.3 Å². The van der Waals surface area contributed by atoms with Crippen LogP contribution in [-0.2, 0) is 19.1 Å². The number of rotatable bonds is 3. The van der Waals surface area contributed by atoms with Gasteiger partial charge >= 0.3 is 0 Å². The van der Waals surface area contributed by atoms with Crippen LogP contribution in [0, 0.1) is 18.3 Å². The van der Waals surface area contributed by atoms with Crippen LogP contribution in [0.5, 0.6) is 0 Å². The summed E-state index contributed by atoms with van der Waals surface area (Å²) < 4.78 is 50.8. The van der Waals surface area contributed by atoms with Gasteiger partial charge in [0.2, 0.25) is 0 Å². The number of hydrogen-bond donors (Lipinski definition) is 0. The smallest absolute Gasteiger partial charge is 0.222 e. The Morgan fingerprint density at radius 2 is 1.65 bits per heavy atom. The van der Waals surface area contributed by atoms with Gasteiger partial charge in [0.25, 0.3) is 19.1 Å². The van der Waals surface area contributed by atoms with Gasteiger partial charge in [-0.15, -0.1) is 0 Å². The number of nitriles is 1. The lowest BCUT2D eigenvalue weighted by Gasteiger charge is -2.11. The molecule has 1 heterocycles. The van der Waals surface area contributed by atoms with E-state index in [2.05, 4.69) is 0 Å². The van der Waals surface area contributed by atoms with Crippen molar-refractivity contribution in [3.63, 3.8) is 0 Å². The number of halogens is 2. The first kappa shape index (κ1) is 18.7. The Hall–Kier alpha value is -2.05. The van der Waals surface area contributed by atoms with Crippen LogP contribution in [0.15, 0.2) is 52.3 Å². The predicted octanol–water partition coefficient (Wildman–Crippen LogP) is 3.64. The lowest BCUT2D eigenvalue weighted by atomic mass is 10.2. The molecule has 0 saturated carbocycles. The van der Waals surface area contributed by atoms with Crippen molar-refractivity contribution in [1.82, 2.24) is 3.97 Å². The molecule has 0 saturated heterocycles. The molecule has 0 radical (unpaired) electrons. The van der Waals surface area contributed by atoms with E-state index in [1.54, 1.807) is 25.1 Å². The van der Waals surface area contributed by atoms with Crippen LogP contribution in [-0.4, -0.2) is 20.8 Å². The Morgan fingerprint density at radius 3 is 2.19 bits per heavy atom. The fourth-order valence-electron chi connectivity index (χ4n) is 2.58. The molecule has 0 atom stereocenters. The molecule has 134 valence electrons. The first-order valence-electron chi connectivity index (χ1n) is 7.08. The van der Waals surface area contributed by atoms with E-state index in [1.807, 2.05) is 0 Å². The molecule has 26 heavy (non-hydrogen) atoms. The quantitative estimate of drug-likeness (QED) is 0.593. The molecule has 1 aromatic heterocycles. The van der Waals surface area contributed by atoms with Gasteiger partial charge in [-0.05, 0) is 37.3 Å². The number of benzene rings is 2. The highest BCUT2D eigenvalue weighted by Crippen LogP contribution is 2.34. The Balaban J connectivity index is 2.50. The van der Waals surface area contributed by atoms with Crippen molar-refractivity contribution in [2.45, 2.75) is 16.7 Å². The second-order valence-electron chi connectivity index (χ2n) is 5.50. The van der Waals surface area contributed by atoms with Crippen LogP contribution in [0.25, 0.3) is 10.9 Å². The second kappa shape index (κ2) is 6.28. The van der Waals surface area contributed by atoms with Crippen molar-refractivity contribution in [2.24, 2.45) is 0 Å². The van der Waals surface area contributed by atoms with Crippen molar-refractivity contribution >= 4 is 52.3 Å². The monoisotopic (exact) mass is 428 g/mol. The van der Waals surface area contributed by atoms with Gasteiger partial charge in [-0.3, -0.25) is 0 Å². The third kappa shape index (κ3) is 3.08. The molecule has 0 amide bonds. The van der Waals surface area contributed by atoms with E-state index in [-0.39, 0.29) is 26.5 Å². The maximum absolute atomic E-state index is 13.1. The molecular formula is C16H10Cl2N2O4S2. The van der Waals surface area contributed by atoms with Gasteiger partial charge in [0.15, 0.2) is 0 Å². The highest BCUT2D eigenvalue weighted by molar-refractivity contribution is 8.14. The van der Waals surface area contributed by atoms with Crippen LogP contribution in [0.2, 0.25) is 5.02 Å². The van der Waals surface area contributed by atoms with Gasteiger partial charge in [0.1, 0.15) is 16.7 Å². The fourth-order valence-corrected chi connectivity index (χ4v) is 5.47. The van der Waals surface area contributed by atoms with Crippen LogP contribution < -0.4 is 0 Å². The first-order valence-corrected chi connectivity index (χ1v) is 11.2. The summed E-state index contributed by atoms with van der Waals surface area (Å²) in [7, 11) is -3.10. The molecule has 0 bridgehead atoms. The van der Waals surface area contributed by atoms with E-state index in [0.29, 0.717) is 3.97 Å². The fraction of sp³-hybridized carbons (Fsp3) is 0.0625. The number of hydrogen-bond acceptors (Lipinski definition) is 5. The molecule has 2 aromatic carbocycles. The summed E-state index contributed by atoms with van der Waals surface area (Å²) >= 11 is 5.92. The van der Waals surface area contributed by atoms with Gasteiger partial charge in [0.05, 0.1) is 10.4 Å². The molecule has 3 aromatic rings. The minimum atomic E-state index is -4.33. The maximum atomic E-state index is 13.1. The van der Waals surface area contributed by atoms with Crippen molar-refractivity contribution in [2.75, 3.05) is 0 Å². The topological polar surface area (TPSA) is 97.0 Å². The number of fused-ring (bicyclic) bond motifs is 1. The first-order chi connectivity index (χ1) is 12.1. The van der Waals surface area contributed by atoms with E-state index in [4.69, 9.17) is 22.3 Å². The molecule has 3 rings (SSSR count). The van der Waals surface area contributed by atoms with E-state index in [0.717, 1.165) is 11.6 Å². The number of aromatic nitrogens is 1. The van der Waals surface area contributed by atoms with Gasteiger partial charge in [0, 0.05) is 21.1 Å². The lowest BCUT2D eigenvalue weighted by Crippen LogP contribution is -2.15. The summed E-state index contributed by atoms with van der Waals surface area (Å²) in [4.78, 5) is -0.580. The molecule has 0 unspecified atom stereocenters. The molecule has 0 spiro atoms. The summed E-state index contributed by atoms with van der Waals surface area (Å²) in [5.74, 6) is 0. The summed E-state index contributed by atoms with van der Waals surface area (Å²) in [5.41, 5.74) is 0.364. The predicted molar refractivity (Wildman–Crippen MR) is 98.5 cm³/mol. The Morgan fingerprint density at radius 1 is 1.04 bits per heavy atom. The summed E-state index contributed by atoms with van der Waals surface area (Å²) in [5, 5.41) is 9.60. The van der Waals surface area contributed by atoms with E-state index in [1.165, 1.54) is 24.3 Å². The standard InChI is InChI=1S/C16H10Cl2N2O4S2/c1-10-2-4-14(5-3-10)26(23,24)20-13(9-19)7-11-6-12(17)8-15(16(11)20)25(18,21)22/h2-8H,1H3. The van der Waals surface area contributed by atoms with Crippen molar-refractivity contribution in [3.8, 4) is 6.07 Å². The van der Waals surface area contributed by atoms with Crippen molar-refractivity contribution in [1.29, 1.82) is 5.26 Å². The molecule has 0 fully saturated rings. The van der Waals surface area contributed by atoms with Crippen LogP contribution in [0.4, 0.5) is 0 Å². The lowest BCUT2D eigenvalue weighted by molar-refractivity contribution is 0.588. The molecule has 0 aliphatic carbocycles. The van der Waals surface area contributed by atoms with Crippen LogP contribution in [0.3, 0.4) is 0 Å². The zero-order chi connectivity index (χ0) is 19.3. The molecule has 0 N–H and O–H groups in total. The van der Waals surface area contributed by atoms with Crippen molar-refractivity contribution < 1.29 is 16.8 Å². The normalized spacial score (nSPS) is 12.2. The summed E-state index contributed by atoms with van der Waals surface area (Å²) in [6, 6.07) is 11.4. The number of aryl methyl sites for hydroxylation is 1. The molecule has 6 nitrogen and oxygen atoms in total. The minimum absolute atomic E-state index is 0.0473. The highest BCUT2D eigenvalue weighted by atomic mass is 35.7. The SMILES string of the molecule is Cc1ccc(S(=O)(=O)n2c(C#N)cc3cc(Cl)cc(S(=O)(=O)Cl)c32)cc1. The third-order valence-corrected chi connectivity index (χ3v) is 7.00. The van der Waals surface area contributed by atoms with Gasteiger partial charge in [-0.1, -0.05) is 29.3 Å². The van der Waals surface area contributed by atoms with Crippen molar-refractivity contribution in [3.05, 3.63) is 58.7 Å². The Labute approximate surface area is 159 Å². The minimum Gasteiger partial charge on any atom is -0.222 e. The van der Waals surface area contributed by atoms with Gasteiger partial charge < -0.3 is 0 Å². The van der Waals surface area contributed by atoms with E-state index < -0.39 is 24.0 Å². The zero-order valence-corrected chi connectivity index (χ0v) is 16.3. The largest absolute Gasteiger partial charge is 0.269 e. The summed E-state index contributed by atoms with van der Waals surface area (Å²) in [6.07, 6.45) is 0. The number of nitrogens with zero attached hydrogens (tertiary/aromatic N) is 2. The molecule has 0 aliphatic heterocycles. The third-order valence-electron chi connectivity index (χ3n) is 3.72. The maximum Gasteiger partial charge on any atom is 0.269 e. The highest BCUT2D eigenvalue weighted by Gasteiger charge is 2.28. The van der Waals surface area contributed by atoms with Gasteiger partial charge in [-0.2, -0.15) is 5.26 Å². The van der Waals surface area contributed by atoms with Crippen LogP contribution >= 0.6 is 22.3 Å². The molecular weight excluding hydrogens is 419 g/mol.